The molecule has 3 heterocycles. The average molecular weight is 509 g/mol. The van der Waals surface area contributed by atoms with Gasteiger partial charge in [0, 0.05) is 35.1 Å². The Bertz CT molecular complexity index is 1240. The number of methoxy groups -OCH3 is 1. The van der Waals surface area contributed by atoms with Gasteiger partial charge in [-0.1, -0.05) is 18.0 Å². The fourth-order valence-electron chi connectivity index (χ4n) is 4.58. The molecule has 5 rings (SSSR count). The number of halogens is 1. The largest absolute Gasteiger partial charge is 0.493 e. The van der Waals surface area contributed by atoms with Crippen molar-refractivity contribution in [2.75, 3.05) is 37.4 Å². The van der Waals surface area contributed by atoms with Gasteiger partial charge in [0.2, 0.25) is 5.91 Å². The maximum absolute atomic E-state index is 13.1. The molecule has 0 radical (unpaired) electrons. The molecular formula is C26H29ClN6O3. The molecule has 188 valence electrons. The fraction of sp³-hybridized carbons (Fsp3) is 0.346. The molecule has 1 fully saturated rings. The molecular weight excluding hydrogens is 480 g/mol. The molecule has 2 aromatic carbocycles. The number of hydrogen-bond donors (Lipinski definition) is 3. The van der Waals surface area contributed by atoms with Crippen molar-refractivity contribution in [3.63, 3.8) is 0 Å². The fourth-order valence-corrected chi connectivity index (χ4v) is 4.76. The van der Waals surface area contributed by atoms with Gasteiger partial charge in [-0.05, 0) is 55.3 Å². The van der Waals surface area contributed by atoms with E-state index in [-0.39, 0.29) is 11.9 Å². The molecule has 3 N–H and O–H groups in total. The number of fused-ring (bicyclic) bond motifs is 7. The molecule has 0 aliphatic carbocycles. The maximum atomic E-state index is 13.1. The first-order chi connectivity index (χ1) is 17.6. The van der Waals surface area contributed by atoms with Gasteiger partial charge < -0.3 is 25.4 Å². The van der Waals surface area contributed by atoms with Gasteiger partial charge in [-0.3, -0.25) is 9.69 Å². The molecule has 1 atom stereocenters. The molecule has 1 unspecified atom stereocenters. The number of carbonyl (C=O) groups is 1. The summed E-state index contributed by atoms with van der Waals surface area (Å²) in [6.07, 6.45) is 4.39. The zero-order chi connectivity index (χ0) is 24.9. The molecule has 0 spiro atoms. The van der Waals surface area contributed by atoms with Crippen molar-refractivity contribution in [2.45, 2.75) is 31.8 Å². The van der Waals surface area contributed by atoms with Gasteiger partial charge in [0.15, 0.2) is 11.5 Å². The normalized spacial score (nSPS) is 18.6. The van der Waals surface area contributed by atoms with Crippen LogP contribution in [0.25, 0.3) is 0 Å². The molecule has 0 saturated carbocycles. The van der Waals surface area contributed by atoms with Gasteiger partial charge in [-0.2, -0.15) is 0 Å². The van der Waals surface area contributed by atoms with Crippen LogP contribution in [0.3, 0.4) is 0 Å². The summed E-state index contributed by atoms with van der Waals surface area (Å²) in [5.74, 6) is 2.46. The van der Waals surface area contributed by atoms with E-state index < -0.39 is 0 Å². The number of aromatic nitrogens is 2. The zero-order valence-electron chi connectivity index (χ0n) is 20.1. The third kappa shape index (κ3) is 5.63. The second-order valence-electron chi connectivity index (χ2n) is 8.83. The minimum absolute atomic E-state index is 0.00954. The molecule has 6 bridgehead atoms. The number of carbonyl (C=O) groups excluding carboxylic acids is 1. The molecule has 2 aliphatic heterocycles. The standard InChI is InChI=1S/C26H29ClN6O3/c1-35-22-8-6-19-13-23(22)36-11-9-28-26(34)21-4-2-3-10-33(21)15-17-12-18(5-7-20(17)27)31-24-14-25(32-19)30-16-29-24/h5-8,12-14,16,21H,2-4,9-11,15H2,1H3,(H,28,34)(H2,29,30,31,32). The molecule has 36 heavy (non-hydrogen) atoms. The van der Waals surface area contributed by atoms with E-state index in [0.29, 0.717) is 47.9 Å². The van der Waals surface area contributed by atoms with Crippen LogP contribution >= 0.6 is 11.6 Å². The van der Waals surface area contributed by atoms with E-state index in [0.717, 1.165) is 42.7 Å². The van der Waals surface area contributed by atoms with Crippen molar-refractivity contribution in [1.82, 2.24) is 20.2 Å². The number of amides is 1. The van der Waals surface area contributed by atoms with E-state index in [4.69, 9.17) is 21.1 Å². The van der Waals surface area contributed by atoms with Crippen LogP contribution in [0.4, 0.5) is 23.0 Å². The topological polar surface area (TPSA) is 101 Å². The monoisotopic (exact) mass is 508 g/mol. The van der Waals surface area contributed by atoms with Crippen molar-refractivity contribution in [2.24, 2.45) is 0 Å². The van der Waals surface area contributed by atoms with E-state index in [2.05, 4.69) is 30.8 Å². The first kappa shape index (κ1) is 24.1. The third-order valence-electron chi connectivity index (χ3n) is 6.37. The lowest BCUT2D eigenvalue weighted by Crippen LogP contribution is -2.49. The van der Waals surface area contributed by atoms with Crippen molar-refractivity contribution in [3.8, 4) is 11.5 Å². The Morgan fingerprint density at radius 1 is 1.06 bits per heavy atom. The van der Waals surface area contributed by atoms with Crippen LogP contribution in [0.2, 0.25) is 5.02 Å². The number of hydrogen-bond acceptors (Lipinski definition) is 8. The Balaban J connectivity index is 1.48. The van der Waals surface area contributed by atoms with E-state index in [9.17, 15) is 4.79 Å². The van der Waals surface area contributed by atoms with Crippen molar-refractivity contribution in [1.29, 1.82) is 0 Å². The minimum atomic E-state index is -0.208. The summed E-state index contributed by atoms with van der Waals surface area (Å²) in [6.45, 7) is 2.13. The summed E-state index contributed by atoms with van der Waals surface area (Å²) in [7, 11) is 1.60. The van der Waals surface area contributed by atoms with Crippen molar-refractivity contribution in [3.05, 3.63) is 59.4 Å². The number of nitrogens with zero attached hydrogens (tertiary/aromatic N) is 3. The Morgan fingerprint density at radius 2 is 1.83 bits per heavy atom. The summed E-state index contributed by atoms with van der Waals surface area (Å²) < 4.78 is 11.4. The number of ether oxygens (including phenoxy) is 2. The summed E-state index contributed by atoms with van der Waals surface area (Å²) in [6, 6.07) is 13.0. The first-order valence-corrected chi connectivity index (χ1v) is 12.4. The number of benzene rings is 2. The molecule has 3 aromatic rings. The van der Waals surface area contributed by atoms with Crippen LogP contribution in [0.1, 0.15) is 24.8 Å². The molecule has 2 aliphatic rings. The Hall–Kier alpha value is -3.56. The van der Waals surface area contributed by atoms with Crippen LogP contribution in [-0.2, 0) is 11.3 Å². The van der Waals surface area contributed by atoms with Crippen LogP contribution in [0.15, 0.2) is 48.8 Å². The SMILES string of the molecule is COc1ccc2cc1OCCNC(=O)C1CCCCN1Cc1cc(ccc1Cl)Nc1cc(ncn1)N2. The summed E-state index contributed by atoms with van der Waals surface area (Å²) in [4.78, 5) is 24.0. The Morgan fingerprint density at radius 3 is 2.64 bits per heavy atom. The molecule has 9 nitrogen and oxygen atoms in total. The quantitative estimate of drug-likeness (QED) is 0.442. The molecule has 10 heteroatoms. The predicted molar refractivity (Wildman–Crippen MR) is 140 cm³/mol. The lowest BCUT2D eigenvalue weighted by molar-refractivity contribution is -0.128. The third-order valence-corrected chi connectivity index (χ3v) is 6.74. The van der Waals surface area contributed by atoms with Gasteiger partial charge >= 0.3 is 0 Å². The molecule has 1 aromatic heterocycles. The van der Waals surface area contributed by atoms with Crippen LogP contribution < -0.4 is 25.4 Å². The van der Waals surface area contributed by atoms with E-state index in [1.165, 1.54) is 6.33 Å². The van der Waals surface area contributed by atoms with Crippen molar-refractivity contribution >= 4 is 40.5 Å². The van der Waals surface area contributed by atoms with Gasteiger partial charge in [0.1, 0.15) is 24.6 Å². The number of rotatable bonds is 1. The lowest BCUT2D eigenvalue weighted by Gasteiger charge is -2.35. The van der Waals surface area contributed by atoms with Gasteiger partial charge in [0.05, 0.1) is 19.7 Å². The second kappa shape index (κ2) is 11.0. The van der Waals surface area contributed by atoms with E-state index >= 15 is 0 Å². The summed E-state index contributed by atoms with van der Waals surface area (Å²) in [5, 5.41) is 10.3. The minimum Gasteiger partial charge on any atom is -0.493 e. The highest BCUT2D eigenvalue weighted by Crippen LogP contribution is 2.32. The van der Waals surface area contributed by atoms with Gasteiger partial charge in [-0.25, -0.2) is 9.97 Å². The highest BCUT2D eigenvalue weighted by atomic mass is 35.5. The zero-order valence-corrected chi connectivity index (χ0v) is 20.8. The van der Waals surface area contributed by atoms with Crippen LogP contribution in [-0.4, -0.2) is 53.6 Å². The van der Waals surface area contributed by atoms with E-state index in [1.54, 1.807) is 7.11 Å². The highest BCUT2D eigenvalue weighted by Gasteiger charge is 2.29. The summed E-state index contributed by atoms with van der Waals surface area (Å²) >= 11 is 6.56. The lowest BCUT2D eigenvalue weighted by atomic mass is 10.00. The maximum Gasteiger partial charge on any atom is 0.237 e. The van der Waals surface area contributed by atoms with Crippen LogP contribution in [0.5, 0.6) is 11.5 Å². The first-order valence-electron chi connectivity index (χ1n) is 12.1. The predicted octanol–water partition coefficient (Wildman–Crippen LogP) is 4.49. The average Bonchev–Trinajstić information content (AvgIpc) is 2.89. The molecule has 1 saturated heterocycles. The van der Waals surface area contributed by atoms with Crippen molar-refractivity contribution < 1.29 is 14.3 Å². The van der Waals surface area contributed by atoms with Gasteiger partial charge in [0.25, 0.3) is 0 Å². The molecule has 1 amide bonds. The number of nitrogens with one attached hydrogen (secondary N) is 3. The van der Waals surface area contributed by atoms with E-state index in [1.807, 2.05) is 42.5 Å². The van der Waals surface area contributed by atoms with Gasteiger partial charge in [-0.15, -0.1) is 0 Å². The summed E-state index contributed by atoms with van der Waals surface area (Å²) in [5.41, 5.74) is 2.59. The number of anilines is 4. The Labute approximate surface area is 215 Å². The van der Waals surface area contributed by atoms with Crippen LogP contribution in [0, 0.1) is 0 Å². The Kier molecular flexibility index (Phi) is 7.39. The smallest absolute Gasteiger partial charge is 0.237 e. The number of piperidine rings is 1. The highest BCUT2D eigenvalue weighted by molar-refractivity contribution is 6.31. The second-order valence-corrected chi connectivity index (χ2v) is 9.24.